The molecule has 1 aliphatic carbocycles. The van der Waals surface area contributed by atoms with E-state index >= 15 is 0 Å². The SMILES string of the molecule is CC[C@@H](C[C@H](O)[C@H](CC1CCCCC1)NC(=O)C(N)Cc1c[nH]cn1)C(C)C. The Balaban J connectivity index is 1.99. The van der Waals surface area contributed by atoms with Gasteiger partial charge in [0.15, 0.2) is 0 Å². The Bertz CT molecular complexity index is 555. The molecule has 5 N–H and O–H groups in total. The highest BCUT2D eigenvalue weighted by Gasteiger charge is 2.29. The highest BCUT2D eigenvalue weighted by atomic mass is 16.3. The summed E-state index contributed by atoms with van der Waals surface area (Å²) in [4.78, 5) is 19.8. The van der Waals surface area contributed by atoms with Gasteiger partial charge in [-0.05, 0) is 30.6 Å². The molecule has 6 nitrogen and oxygen atoms in total. The molecule has 0 aromatic carbocycles. The summed E-state index contributed by atoms with van der Waals surface area (Å²) < 4.78 is 0. The first kappa shape index (κ1) is 22.9. The minimum Gasteiger partial charge on any atom is -0.391 e. The summed E-state index contributed by atoms with van der Waals surface area (Å²) >= 11 is 0. The van der Waals surface area contributed by atoms with Crippen LogP contribution < -0.4 is 11.1 Å². The molecule has 0 spiro atoms. The van der Waals surface area contributed by atoms with Crippen LogP contribution >= 0.6 is 0 Å². The van der Waals surface area contributed by atoms with Crippen molar-refractivity contribution >= 4 is 5.91 Å². The van der Waals surface area contributed by atoms with Crippen LogP contribution in [-0.2, 0) is 11.2 Å². The molecule has 1 aliphatic rings. The van der Waals surface area contributed by atoms with E-state index in [2.05, 4.69) is 36.1 Å². The number of aliphatic hydroxyl groups excluding tert-OH is 1. The van der Waals surface area contributed by atoms with Crippen molar-refractivity contribution in [2.75, 3.05) is 0 Å². The number of aliphatic hydroxyl groups is 1. The summed E-state index contributed by atoms with van der Waals surface area (Å²) in [6.07, 6.45) is 12.0. The number of aromatic amines is 1. The maximum absolute atomic E-state index is 12.7. The lowest BCUT2D eigenvalue weighted by atomic mass is 9.80. The summed E-state index contributed by atoms with van der Waals surface area (Å²) in [5.41, 5.74) is 6.89. The number of hydrogen-bond acceptors (Lipinski definition) is 4. The zero-order chi connectivity index (χ0) is 20.5. The fourth-order valence-corrected chi connectivity index (χ4v) is 4.49. The van der Waals surface area contributed by atoms with Gasteiger partial charge in [-0.1, -0.05) is 59.3 Å². The molecule has 0 bridgehead atoms. The Morgan fingerprint density at radius 1 is 1.36 bits per heavy atom. The number of rotatable bonds is 11. The third-order valence-corrected chi connectivity index (χ3v) is 6.44. The first-order chi connectivity index (χ1) is 13.4. The molecule has 0 aliphatic heterocycles. The number of imidazole rings is 1. The van der Waals surface area contributed by atoms with Gasteiger partial charge < -0.3 is 21.1 Å². The van der Waals surface area contributed by atoms with E-state index in [1.807, 2.05) is 0 Å². The van der Waals surface area contributed by atoms with Crippen molar-refractivity contribution < 1.29 is 9.90 Å². The third kappa shape index (κ3) is 7.21. The van der Waals surface area contributed by atoms with Crippen molar-refractivity contribution in [3.63, 3.8) is 0 Å². The van der Waals surface area contributed by atoms with Gasteiger partial charge in [0, 0.05) is 12.6 Å². The Labute approximate surface area is 170 Å². The van der Waals surface area contributed by atoms with Crippen LogP contribution in [-0.4, -0.2) is 39.2 Å². The van der Waals surface area contributed by atoms with Crippen LogP contribution in [0.15, 0.2) is 12.5 Å². The van der Waals surface area contributed by atoms with Crippen LogP contribution in [0, 0.1) is 17.8 Å². The lowest BCUT2D eigenvalue weighted by Crippen LogP contribution is -2.51. The zero-order valence-electron chi connectivity index (χ0n) is 17.9. The molecule has 1 saturated carbocycles. The molecular formula is C22H40N4O2. The molecule has 2 rings (SSSR count). The zero-order valence-corrected chi connectivity index (χ0v) is 17.9. The van der Waals surface area contributed by atoms with Crippen molar-refractivity contribution in [1.82, 2.24) is 15.3 Å². The molecule has 1 unspecified atom stereocenters. The number of carbonyl (C=O) groups is 1. The number of H-pyrrole nitrogens is 1. The number of nitrogens with two attached hydrogens (primary N) is 1. The van der Waals surface area contributed by atoms with Gasteiger partial charge in [0.25, 0.3) is 0 Å². The molecule has 1 aromatic rings. The van der Waals surface area contributed by atoms with Gasteiger partial charge in [0.1, 0.15) is 0 Å². The molecule has 1 heterocycles. The van der Waals surface area contributed by atoms with E-state index in [1.165, 1.54) is 32.1 Å². The van der Waals surface area contributed by atoms with Gasteiger partial charge in [0.05, 0.1) is 30.2 Å². The Morgan fingerprint density at radius 3 is 2.64 bits per heavy atom. The number of nitrogens with one attached hydrogen (secondary N) is 2. The standard InChI is InChI=1S/C22H40N4O2/c1-4-17(15(2)3)11-21(27)20(10-16-8-6-5-7-9-16)26-22(28)19(23)12-18-13-24-14-25-18/h13-17,19-21,27H,4-12,23H2,1-3H3,(H,24,25)(H,26,28)/t17-,19?,20-,21-/m0/s1. The number of carbonyl (C=O) groups excluding carboxylic acids is 1. The highest BCUT2D eigenvalue weighted by Crippen LogP contribution is 2.30. The lowest BCUT2D eigenvalue weighted by Gasteiger charge is -2.33. The summed E-state index contributed by atoms with van der Waals surface area (Å²) in [6, 6.07) is -0.884. The van der Waals surface area contributed by atoms with E-state index in [1.54, 1.807) is 12.5 Å². The average molecular weight is 393 g/mol. The molecule has 1 fully saturated rings. The maximum atomic E-state index is 12.7. The molecule has 160 valence electrons. The van der Waals surface area contributed by atoms with Crippen molar-refractivity contribution in [2.24, 2.45) is 23.5 Å². The van der Waals surface area contributed by atoms with Crippen molar-refractivity contribution in [2.45, 2.75) is 96.7 Å². The number of aromatic nitrogens is 2. The Kier molecular flexibility index (Phi) is 9.45. The van der Waals surface area contributed by atoms with Gasteiger partial charge >= 0.3 is 0 Å². The smallest absolute Gasteiger partial charge is 0.237 e. The fourth-order valence-electron chi connectivity index (χ4n) is 4.49. The van der Waals surface area contributed by atoms with Crippen molar-refractivity contribution in [3.8, 4) is 0 Å². The van der Waals surface area contributed by atoms with Crippen molar-refractivity contribution in [3.05, 3.63) is 18.2 Å². The largest absolute Gasteiger partial charge is 0.391 e. The molecule has 4 atom stereocenters. The maximum Gasteiger partial charge on any atom is 0.237 e. The summed E-state index contributed by atoms with van der Waals surface area (Å²) in [5, 5.41) is 14.1. The van der Waals surface area contributed by atoms with E-state index < -0.39 is 12.1 Å². The molecule has 6 heteroatoms. The minimum atomic E-state index is -0.656. The molecule has 1 aromatic heterocycles. The average Bonchev–Trinajstić information content (AvgIpc) is 3.18. The second-order valence-corrected chi connectivity index (χ2v) is 8.94. The van der Waals surface area contributed by atoms with Gasteiger partial charge in [-0.15, -0.1) is 0 Å². The number of hydrogen-bond donors (Lipinski definition) is 4. The first-order valence-electron chi connectivity index (χ1n) is 11.1. The van der Waals surface area contributed by atoms with E-state index in [4.69, 9.17) is 5.73 Å². The van der Waals surface area contributed by atoms with E-state index in [0.29, 0.717) is 24.2 Å². The topological polar surface area (TPSA) is 104 Å². The number of nitrogens with zero attached hydrogens (tertiary/aromatic N) is 1. The van der Waals surface area contributed by atoms with Gasteiger partial charge in [0.2, 0.25) is 5.91 Å². The highest BCUT2D eigenvalue weighted by molar-refractivity contribution is 5.82. The van der Waals surface area contributed by atoms with E-state index in [9.17, 15) is 9.90 Å². The predicted molar refractivity (Wildman–Crippen MR) is 113 cm³/mol. The lowest BCUT2D eigenvalue weighted by molar-refractivity contribution is -0.124. The fraction of sp³-hybridized carbons (Fsp3) is 0.818. The summed E-state index contributed by atoms with van der Waals surface area (Å²) in [5.74, 6) is 1.36. The van der Waals surface area contributed by atoms with Gasteiger partial charge in [-0.3, -0.25) is 4.79 Å². The van der Waals surface area contributed by atoms with Crippen LogP contribution in [0.4, 0.5) is 0 Å². The first-order valence-corrected chi connectivity index (χ1v) is 11.1. The monoisotopic (exact) mass is 392 g/mol. The third-order valence-electron chi connectivity index (χ3n) is 6.44. The molecule has 1 amide bonds. The van der Waals surface area contributed by atoms with Crippen LogP contribution in [0.5, 0.6) is 0 Å². The van der Waals surface area contributed by atoms with E-state index in [-0.39, 0.29) is 11.9 Å². The van der Waals surface area contributed by atoms with Crippen molar-refractivity contribution in [1.29, 1.82) is 0 Å². The quantitative estimate of drug-likeness (QED) is 0.464. The van der Waals surface area contributed by atoms with E-state index in [0.717, 1.165) is 25.0 Å². The second kappa shape index (κ2) is 11.6. The normalized spacial score (nSPS) is 19.9. The van der Waals surface area contributed by atoms with Crippen LogP contribution in [0.1, 0.15) is 77.8 Å². The van der Waals surface area contributed by atoms with Crippen LogP contribution in [0.25, 0.3) is 0 Å². The summed E-state index contributed by atoms with van der Waals surface area (Å²) in [7, 11) is 0. The van der Waals surface area contributed by atoms with Gasteiger partial charge in [-0.2, -0.15) is 0 Å². The summed E-state index contributed by atoms with van der Waals surface area (Å²) in [6.45, 7) is 6.58. The Morgan fingerprint density at radius 2 is 2.07 bits per heavy atom. The Hall–Kier alpha value is -1.40. The molecule has 0 radical (unpaired) electrons. The molecule has 0 saturated heterocycles. The van der Waals surface area contributed by atoms with Crippen LogP contribution in [0.2, 0.25) is 0 Å². The molecule has 28 heavy (non-hydrogen) atoms. The van der Waals surface area contributed by atoms with Crippen LogP contribution in [0.3, 0.4) is 0 Å². The predicted octanol–water partition coefficient (Wildman–Crippen LogP) is 3.17. The van der Waals surface area contributed by atoms with Gasteiger partial charge in [-0.25, -0.2) is 4.98 Å². The second-order valence-electron chi connectivity index (χ2n) is 8.94. The molecular weight excluding hydrogens is 352 g/mol. The number of amides is 1. The minimum absolute atomic E-state index is 0.194.